The molecule has 100 valence electrons. The molecule has 0 aromatic heterocycles. The molecule has 1 aromatic rings. The van der Waals surface area contributed by atoms with Crippen molar-refractivity contribution in [2.45, 2.75) is 50.1 Å². The van der Waals surface area contributed by atoms with E-state index in [2.05, 4.69) is 37.4 Å². The zero-order valence-corrected chi connectivity index (χ0v) is 12.3. The third-order valence-electron chi connectivity index (χ3n) is 3.25. The second-order valence-corrected chi connectivity index (χ2v) is 6.95. The summed E-state index contributed by atoms with van der Waals surface area (Å²) in [5.74, 6) is 1.27. The molecule has 1 aromatic carbocycles. The first-order chi connectivity index (χ1) is 8.54. The van der Waals surface area contributed by atoms with E-state index in [4.69, 9.17) is 5.73 Å². The summed E-state index contributed by atoms with van der Waals surface area (Å²) >= 11 is 1.99. The van der Waals surface area contributed by atoms with Gasteiger partial charge in [-0.1, -0.05) is 12.1 Å². The summed E-state index contributed by atoms with van der Waals surface area (Å²) in [6.07, 6.45) is 3.57. The Morgan fingerprint density at radius 3 is 3.00 bits per heavy atom. The van der Waals surface area contributed by atoms with Crippen LogP contribution in [-0.2, 0) is 13.0 Å². The molecule has 2 nitrogen and oxygen atoms in total. The highest BCUT2D eigenvalue weighted by Gasteiger charge is 2.11. The monoisotopic (exact) mass is 264 g/mol. The number of rotatable bonds is 5. The molecule has 0 unspecified atom stereocenters. The molecule has 0 aliphatic carbocycles. The van der Waals surface area contributed by atoms with E-state index in [0.29, 0.717) is 0 Å². The van der Waals surface area contributed by atoms with Crippen molar-refractivity contribution in [3.8, 4) is 0 Å². The van der Waals surface area contributed by atoms with Gasteiger partial charge in [-0.2, -0.15) is 0 Å². The molecule has 3 N–H and O–H groups in total. The van der Waals surface area contributed by atoms with E-state index in [9.17, 15) is 0 Å². The van der Waals surface area contributed by atoms with E-state index < -0.39 is 0 Å². The SMILES string of the molecule is CC(C)(N)CCNCc1ccc2c(c1)CCCS2. The molecular formula is C15H24N2S. The highest BCUT2D eigenvalue weighted by Crippen LogP contribution is 2.30. The molecule has 0 spiro atoms. The van der Waals surface area contributed by atoms with Crippen LogP contribution in [0.5, 0.6) is 0 Å². The van der Waals surface area contributed by atoms with Crippen molar-refractivity contribution in [2.75, 3.05) is 12.3 Å². The van der Waals surface area contributed by atoms with Crippen LogP contribution in [0.1, 0.15) is 37.8 Å². The van der Waals surface area contributed by atoms with E-state index in [1.165, 1.54) is 34.6 Å². The molecule has 0 fully saturated rings. The van der Waals surface area contributed by atoms with Gasteiger partial charge in [0, 0.05) is 17.0 Å². The van der Waals surface area contributed by atoms with Gasteiger partial charge in [-0.25, -0.2) is 0 Å². The predicted molar refractivity (Wildman–Crippen MR) is 80.1 cm³/mol. The lowest BCUT2D eigenvalue weighted by Gasteiger charge is -2.19. The summed E-state index contributed by atoms with van der Waals surface area (Å²) in [5.41, 5.74) is 8.82. The van der Waals surface area contributed by atoms with E-state index in [0.717, 1.165) is 19.5 Å². The Balaban J connectivity index is 1.83. The second kappa shape index (κ2) is 6.09. The zero-order chi connectivity index (χ0) is 13.0. The molecule has 1 aliphatic rings. The first kappa shape index (κ1) is 13.9. The van der Waals surface area contributed by atoms with Gasteiger partial charge < -0.3 is 11.1 Å². The zero-order valence-electron chi connectivity index (χ0n) is 11.5. The number of benzene rings is 1. The maximum atomic E-state index is 5.96. The maximum Gasteiger partial charge on any atom is 0.0205 e. The number of hydrogen-bond donors (Lipinski definition) is 2. The van der Waals surface area contributed by atoms with Crippen LogP contribution in [-0.4, -0.2) is 17.8 Å². The van der Waals surface area contributed by atoms with Gasteiger partial charge in [-0.05, 0) is 62.6 Å². The van der Waals surface area contributed by atoms with Gasteiger partial charge in [0.05, 0.1) is 0 Å². The molecule has 2 rings (SSSR count). The largest absolute Gasteiger partial charge is 0.326 e. The van der Waals surface area contributed by atoms with Gasteiger partial charge >= 0.3 is 0 Å². The molecule has 0 saturated heterocycles. The number of nitrogens with one attached hydrogen (secondary N) is 1. The summed E-state index contributed by atoms with van der Waals surface area (Å²) in [6, 6.07) is 6.89. The highest BCUT2D eigenvalue weighted by molar-refractivity contribution is 7.99. The minimum Gasteiger partial charge on any atom is -0.326 e. The third kappa shape index (κ3) is 4.30. The molecule has 0 saturated carbocycles. The van der Waals surface area contributed by atoms with Crippen LogP contribution in [0.3, 0.4) is 0 Å². The molecule has 1 heterocycles. The van der Waals surface area contributed by atoms with Crippen molar-refractivity contribution >= 4 is 11.8 Å². The average molecular weight is 264 g/mol. The number of hydrogen-bond acceptors (Lipinski definition) is 3. The van der Waals surface area contributed by atoms with E-state index in [1.807, 2.05) is 11.8 Å². The van der Waals surface area contributed by atoms with Crippen LogP contribution in [0.25, 0.3) is 0 Å². The quantitative estimate of drug-likeness (QED) is 0.803. The molecule has 3 heteroatoms. The lowest BCUT2D eigenvalue weighted by atomic mass is 10.0. The van der Waals surface area contributed by atoms with Crippen LogP contribution < -0.4 is 11.1 Å². The van der Waals surface area contributed by atoms with E-state index in [-0.39, 0.29) is 5.54 Å². The van der Waals surface area contributed by atoms with Crippen molar-refractivity contribution in [3.63, 3.8) is 0 Å². The van der Waals surface area contributed by atoms with Crippen LogP contribution >= 0.6 is 11.8 Å². The van der Waals surface area contributed by atoms with Gasteiger partial charge in [0.2, 0.25) is 0 Å². The third-order valence-corrected chi connectivity index (χ3v) is 4.45. The minimum atomic E-state index is -0.0699. The Morgan fingerprint density at radius 1 is 1.39 bits per heavy atom. The average Bonchev–Trinajstić information content (AvgIpc) is 2.33. The van der Waals surface area contributed by atoms with Crippen LogP contribution in [0.2, 0.25) is 0 Å². The van der Waals surface area contributed by atoms with Crippen molar-refractivity contribution < 1.29 is 0 Å². The van der Waals surface area contributed by atoms with Gasteiger partial charge in [0.15, 0.2) is 0 Å². The Kier molecular flexibility index (Phi) is 4.71. The summed E-state index contributed by atoms with van der Waals surface area (Å²) in [6.45, 7) is 6.08. The minimum absolute atomic E-state index is 0.0699. The fraction of sp³-hybridized carbons (Fsp3) is 0.600. The standard InChI is InChI=1S/C15H24N2S/c1-15(2,16)7-8-17-11-12-5-6-14-13(10-12)4-3-9-18-14/h5-6,10,17H,3-4,7-9,11,16H2,1-2H3. The normalized spacial score (nSPS) is 15.5. The van der Waals surface area contributed by atoms with Crippen molar-refractivity contribution in [2.24, 2.45) is 5.73 Å². The Bertz CT molecular complexity index is 396. The Hall–Kier alpha value is -0.510. The molecule has 0 radical (unpaired) electrons. The van der Waals surface area contributed by atoms with Crippen LogP contribution in [0, 0.1) is 0 Å². The van der Waals surface area contributed by atoms with Gasteiger partial charge in [-0.15, -0.1) is 11.8 Å². The molecule has 18 heavy (non-hydrogen) atoms. The number of thioether (sulfide) groups is 1. The number of aryl methyl sites for hydroxylation is 1. The summed E-state index contributed by atoms with van der Waals surface area (Å²) < 4.78 is 0. The smallest absolute Gasteiger partial charge is 0.0205 e. The predicted octanol–water partition coefficient (Wildman–Crippen LogP) is 2.94. The lowest BCUT2D eigenvalue weighted by molar-refractivity contribution is 0.455. The molecule has 0 atom stereocenters. The first-order valence-corrected chi connectivity index (χ1v) is 7.77. The first-order valence-electron chi connectivity index (χ1n) is 6.79. The molecular weight excluding hydrogens is 240 g/mol. The van der Waals surface area contributed by atoms with Gasteiger partial charge in [0.1, 0.15) is 0 Å². The van der Waals surface area contributed by atoms with Gasteiger partial charge in [-0.3, -0.25) is 0 Å². The van der Waals surface area contributed by atoms with Crippen molar-refractivity contribution in [1.29, 1.82) is 0 Å². The summed E-state index contributed by atoms with van der Waals surface area (Å²) in [5, 5.41) is 3.48. The van der Waals surface area contributed by atoms with Crippen LogP contribution in [0.15, 0.2) is 23.1 Å². The fourth-order valence-corrected chi connectivity index (χ4v) is 3.19. The molecule has 0 amide bonds. The van der Waals surface area contributed by atoms with Crippen molar-refractivity contribution in [3.05, 3.63) is 29.3 Å². The Labute approximate surface area is 115 Å². The van der Waals surface area contributed by atoms with Crippen molar-refractivity contribution in [1.82, 2.24) is 5.32 Å². The van der Waals surface area contributed by atoms with E-state index in [1.54, 1.807) is 0 Å². The van der Waals surface area contributed by atoms with Crippen LogP contribution in [0.4, 0.5) is 0 Å². The summed E-state index contributed by atoms with van der Waals surface area (Å²) in [4.78, 5) is 1.48. The maximum absolute atomic E-state index is 5.96. The molecule has 0 bridgehead atoms. The Morgan fingerprint density at radius 2 is 2.22 bits per heavy atom. The topological polar surface area (TPSA) is 38.0 Å². The second-order valence-electron chi connectivity index (χ2n) is 5.81. The summed E-state index contributed by atoms with van der Waals surface area (Å²) in [7, 11) is 0. The van der Waals surface area contributed by atoms with E-state index >= 15 is 0 Å². The molecule has 1 aliphatic heterocycles. The highest BCUT2D eigenvalue weighted by atomic mass is 32.2. The van der Waals surface area contributed by atoms with Gasteiger partial charge in [0.25, 0.3) is 0 Å². The number of nitrogens with two attached hydrogens (primary N) is 1. The number of fused-ring (bicyclic) bond motifs is 1. The lowest BCUT2D eigenvalue weighted by Crippen LogP contribution is -2.35. The fourth-order valence-electron chi connectivity index (χ4n) is 2.17.